The van der Waals surface area contributed by atoms with E-state index in [2.05, 4.69) is 19.2 Å². The minimum absolute atomic E-state index is 0.123. The lowest BCUT2D eigenvalue weighted by Gasteiger charge is -2.11. The molecular formula is C15H23ClN2O2. The predicted molar refractivity (Wildman–Crippen MR) is 84.0 cm³/mol. The molecular weight excluding hydrogens is 276 g/mol. The Hall–Kier alpha value is -1.26. The number of carbonyl (C=O) groups excluding carboxylic acids is 1. The zero-order valence-electron chi connectivity index (χ0n) is 12.1. The number of benzene rings is 1. The summed E-state index contributed by atoms with van der Waals surface area (Å²) in [5, 5.41) is 3.28. The summed E-state index contributed by atoms with van der Waals surface area (Å²) in [6.07, 6.45) is 2.61. The molecule has 0 aliphatic rings. The fraction of sp³-hybridized carbons (Fsp3) is 0.533. The molecule has 1 rings (SSSR count). The van der Waals surface area contributed by atoms with Crippen LogP contribution in [0.3, 0.4) is 0 Å². The van der Waals surface area contributed by atoms with Crippen molar-refractivity contribution in [3.05, 3.63) is 23.2 Å². The minimum atomic E-state index is -0.123. The summed E-state index contributed by atoms with van der Waals surface area (Å²) in [5.41, 5.74) is 6.80. The third-order valence-corrected chi connectivity index (χ3v) is 3.18. The van der Waals surface area contributed by atoms with Crippen molar-refractivity contribution in [3.8, 4) is 0 Å². The molecule has 1 atom stereocenters. The number of nitrogens with one attached hydrogen (secondary N) is 1. The first-order valence-corrected chi connectivity index (χ1v) is 7.33. The molecule has 3 N–H and O–H groups in total. The second-order valence-corrected chi connectivity index (χ2v) is 5.43. The number of halogens is 1. The topological polar surface area (TPSA) is 64.3 Å². The molecule has 0 heterocycles. The van der Waals surface area contributed by atoms with Gasteiger partial charge in [-0.05, 0) is 30.5 Å². The molecule has 1 amide bonds. The van der Waals surface area contributed by atoms with E-state index in [1.165, 1.54) is 0 Å². The van der Waals surface area contributed by atoms with Crippen LogP contribution in [0, 0.1) is 5.92 Å². The summed E-state index contributed by atoms with van der Waals surface area (Å²) < 4.78 is 5.49. The highest BCUT2D eigenvalue weighted by molar-refractivity contribution is 6.31. The van der Waals surface area contributed by atoms with E-state index in [4.69, 9.17) is 22.1 Å². The number of nitrogen functional groups attached to an aromatic ring is 1. The second-order valence-electron chi connectivity index (χ2n) is 5.00. The maximum atomic E-state index is 11.8. The van der Waals surface area contributed by atoms with Gasteiger partial charge in [0.05, 0.1) is 24.4 Å². The van der Waals surface area contributed by atoms with Crippen molar-refractivity contribution in [2.75, 3.05) is 24.3 Å². The van der Waals surface area contributed by atoms with E-state index in [9.17, 15) is 4.79 Å². The predicted octanol–water partition coefficient (Wildman–Crippen LogP) is 3.70. The van der Waals surface area contributed by atoms with Gasteiger partial charge in [-0.15, -0.1) is 0 Å². The molecule has 112 valence electrons. The fourth-order valence-corrected chi connectivity index (χ4v) is 2.05. The van der Waals surface area contributed by atoms with Gasteiger partial charge in [0.2, 0.25) is 5.91 Å². The highest BCUT2D eigenvalue weighted by atomic mass is 35.5. The Bertz CT molecular complexity index is 438. The molecule has 0 saturated heterocycles. The standard InChI is InChI=1S/C15H23ClN2O2/c1-3-4-11(2)10-20-8-7-15(19)18-14-9-12(16)5-6-13(14)17/h5-6,9,11H,3-4,7-8,10,17H2,1-2H3,(H,18,19). The van der Waals surface area contributed by atoms with Crippen LogP contribution in [0.1, 0.15) is 33.1 Å². The lowest BCUT2D eigenvalue weighted by molar-refractivity contribution is -0.117. The quantitative estimate of drug-likeness (QED) is 0.568. The van der Waals surface area contributed by atoms with Crippen molar-refractivity contribution in [1.82, 2.24) is 0 Å². The third-order valence-electron chi connectivity index (χ3n) is 2.95. The number of nitrogens with two attached hydrogens (primary N) is 1. The molecule has 5 heteroatoms. The monoisotopic (exact) mass is 298 g/mol. The van der Waals surface area contributed by atoms with Gasteiger partial charge in [-0.2, -0.15) is 0 Å². The van der Waals surface area contributed by atoms with Gasteiger partial charge in [0.1, 0.15) is 0 Å². The Labute approximate surface area is 125 Å². The van der Waals surface area contributed by atoms with Gasteiger partial charge in [-0.1, -0.05) is 31.9 Å². The third kappa shape index (κ3) is 6.26. The number of hydrogen-bond acceptors (Lipinski definition) is 3. The van der Waals surface area contributed by atoms with Crippen LogP contribution in [0.2, 0.25) is 5.02 Å². The zero-order chi connectivity index (χ0) is 15.0. The Morgan fingerprint density at radius 1 is 1.50 bits per heavy atom. The van der Waals surface area contributed by atoms with Gasteiger partial charge >= 0.3 is 0 Å². The number of anilines is 2. The van der Waals surface area contributed by atoms with Crippen LogP contribution < -0.4 is 11.1 Å². The molecule has 1 aromatic carbocycles. The van der Waals surface area contributed by atoms with Crippen LogP contribution in [0.5, 0.6) is 0 Å². The van der Waals surface area contributed by atoms with E-state index in [0.717, 1.165) is 12.8 Å². The summed E-state index contributed by atoms with van der Waals surface area (Å²) >= 11 is 5.86. The number of rotatable bonds is 8. The van der Waals surface area contributed by atoms with Crippen LogP contribution in [0.4, 0.5) is 11.4 Å². The first-order valence-electron chi connectivity index (χ1n) is 6.95. The zero-order valence-corrected chi connectivity index (χ0v) is 12.9. The molecule has 20 heavy (non-hydrogen) atoms. The first-order chi connectivity index (χ1) is 9.52. The van der Waals surface area contributed by atoms with Gasteiger partial charge in [0.15, 0.2) is 0 Å². The van der Waals surface area contributed by atoms with Crippen LogP contribution in [-0.4, -0.2) is 19.1 Å². The van der Waals surface area contributed by atoms with E-state index in [1.54, 1.807) is 18.2 Å². The molecule has 0 spiro atoms. The minimum Gasteiger partial charge on any atom is -0.397 e. The van der Waals surface area contributed by atoms with Gasteiger partial charge < -0.3 is 15.8 Å². The Morgan fingerprint density at radius 2 is 2.25 bits per heavy atom. The van der Waals surface area contributed by atoms with Crippen molar-refractivity contribution in [3.63, 3.8) is 0 Å². The van der Waals surface area contributed by atoms with Crippen molar-refractivity contribution >= 4 is 28.9 Å². The molecule has 0 saturated carbocycles. The second kappa shape index (κ2) is 8.82. The number of carbonyl (C=O) groups is 1. The van der Waals surface area contributed by atoms with Gasteiger partial charge in [-0.25, -0.2) is 0 Å². The molecule has 0 aliphatic carbocycles. The molecule has 1 aromatic rings. The Balaban J connectivity index is 2.28. The Kier molecular flexibility index (Phi) is 7.41. The SMILES string of the molecule is CCCC(C)COCCC(=O)Nc1cc(Cl)ccc1N. The largest absolute Gasteiger partial charge is 0.397 e. The van der Waals surface area contributed by atoms with Crippen molar-refractivity contribution in [2.24, 2.45) is 5.92 Å². The summed E-state index contributed by atoms with van der Waals surface area (Å²) in [5.74, 6) is 0.411. The highest BCUT2D eigenvalue weighted by Crippen LogP contribution is 2.22. The van der Waals surface area contributed by atoms with E-state index < -0.39 is 0 Å². The van der Waals surface area contributed by atoms with Crippen molar-refractivity contribution < 1.29 is 9.53 Å². The fourth-order valence-electron chi connectivity index (χ4n) is 1.87. The van der Waals surface area contributed by atoms with Gasteiger partial charge in [0, 0.05) is 11.6 Å². The van der Waals surface area contributed by atoms with E-state index in [-0.39, 0.29) is 5.91 Å². The highest BCUT2D eigenvalue weighted by Gasteiger charge is 2.07. The molecule has 0 bridgehead atoms. The average molecular weight is 299 g/mol. The molecule has 0 fully saturated rings. The number of amides is 1. The smallest absolute Gasteiger partial charge is 0.226 e. The van der Waals surface area contributed by atoms with Crippen molar-refractivity contribution in [2.45, 2.75) is 33.1 Å². The van der Waals surface area contributed by atoms with Crippen LogP contribution >= 0.6 is 11.6 Å². The molecule has 0 aliphatic heterocycles. The molecule has 0 radical (unpaired) electrons. The summed E-state index contributed by atoms with van der Waals surface area (Å²) in [7, 11) is 0. The normalized spacial score (nSPS) is 12.2. The number of hydrogen-bond donors (Lipinski definition) is 2. The Morgan fingerprint density at radius 3 is 2.95 bits per heavy atom. The van der Waals surface area contributed by atoms with E-state index in [0.29, 0.717) is 41.9 Å². The molecule has 4 nitrogen and oxygen atoms in total. The lowest BCUT2D eigenvalue weighted by atomic mass is 10.1. The van der Waals surface area contributed by atoms with Crippen molar-refractivity contribution in [1.29, 1.82) is 0 Å². The maximum absolute atomic E-state index is 11.8. The summed E-state index contributed by atoms with van der Waals surface area (Å²) in [6.45, 7) is 5.41. The van der Waals surface area contributed by atoms with Gasteiger partial charge in [-0.3, -0.25) is 4.79 Å². The summed E-state index contributed by atoms with van der Waals surface area (Å²) in [4.78, 5) is 11.8. The van der Waals surface area contributed by atoms with Crippen LogP contribution in [0.15, 0.2) is 18.2 Å². The lowest BCUT2D eigenvalue weighted by Crippen LogP contribution is -2.16. The van der Waals surface area contributed by atoms with Crippen LogP contribution in [-0.2, 0) is 9.53 Å². The van der Waals surface area contributed by atoms with E-state index >= 15 is 0 Å². The first kappa shape index (κ1) is 16.8. The van der Waals surface area contributed by atoms with E-state index in [1.807, 2.05) is 0 Å². The van der Waals surface area contributed by atoms with Gasteiger partial charge in [0.25, 0.3) is 0 Å². The number of ether oxygens (including phenoxy) is 1. The molecule has 1 unspecified atom stereocenters. The molecule has 0 aromatic heterocycles. The average Bonchev–Trinajstić information content (AvgIpc) is 2.39. The maximum Gasteiger partial charge on any atom is 0.226 e. The summed E-state index contributed by atoms with van der Waals surface area (Å²) in [6, 6.07) is 4.99. The van der Waals surface area contributed by atoms with Crippen LogP contribution in [0.25, 0.3) is 0 Å².